The molecule has 0 spiro atoms. The molecule has 1 aromatic heterocycles. The Morgan fingerprint density at radius 3 is 2.60 bits per heavy atom. The Balaban J connectivity index is 2.50. The van der Waals surface area contributed by atoms with E-state index in [1.165, 1.54) is 24.9 Å². The van der Waals surface area contributed by atoms with E-state index < -0.39 is 10.0 Å². The second-order valence-electron chi connectivity index (χ2n) is 4.10. The summed E-state index contributed by atoms with van der Waals surface area (Å²) in [7, 11) is -0.405. The van der Waals surface area contributed by atoms with Gasteiger partial charge in [-0.15, -0.1) is 10.2 Å². The van der Waals surface area contributed by atoms with Gasteiger partial charge >= 0.3 is 0 Å². The maximum absolute atomic E-state index is 12.0. The van der Waals surface area contributed by atoms with E-state index in [0.29, 0.717) is 15.7 Å². The first-order valence-electron chi connectivity index (χ1n) is 5.72. The highest BCUT2D eigenvalue weighted by Gasteiger charge is 2.19. The number of nitrogens with two attached hydrogens (primary N) is 1. The molecule has 2 aromatic rings. The molecule has 0 amide bonds. The molecule has 0 atom stereocenters. The fourth-order valence-electron chi connectivity index (χ4n) is 1.50. The zero-order valence-electron chi connectivity index (χ0n) is 11.3. The minimum atomic E-state index is -3.59. The first kappa shape index (κ1) is 14.8. The minimum Gasteiger partial charge on any atom is -0.399 e. The minimum absolute atomic E-state index is 0.130. The van der Waals surface area contributed by atoms with Gasteiger partial charge in [-0.1, -0.05) is 0 Å². The monoisotopic (exact) mass is 313 g/mol. The number of benzene rings is 1. The molecule has 2 rings (SSSR count). The van der Waals surface area contributed by atoms with Crippen molar-refractivity contribution in [3.05, 3.63) is 24.0 Å². The van der Waals surface area contributed by atoms with E-state index in [2.05, 4.69) is 14.9 Å². The molecule has 0 saturated carbocycles. The van der Waals surface area contributed by atoms with Crippen LogP contribution in [0.15, 0.2) is 33.1 Å². The lowest BCUT2D eigenvalue weighted by molar-refractivity contribution is 0.586. The summed E-state index contributed by atoms with van der Waals surface area (Å²) in [6, 6.07) is 4.74. The van der Waals surface area contributed by atoms with E-state index in [9.17, 15) is 8.42 Å². The number of nitrogen functional groups attached to an aromatic ring is 1. The van der Waals surface area contributed by atoms with Gasteiger partial charge in [-0.2, -0.15) is 0 Å². The summed E-state index contributed by atoms with van der Waals surface area (Å²) < 4.78 is 28.1. The molecule has 9 heteroatoms. The largest absolute Gasteiger partial charge is 0.399 e. The van der Waals surface area contributed by atoms with Gasteiger partial charge in [0.05, 0.1) is 4.90 Å². The number of anilines is 1. The Morgan fingerprint density at radius 1 is 1.35 bits per heavy atom. The maximum Gasteiger partial charge on any atom is 0.241 e. The van der Waals surface area contributed by atoms with E-state index in [1.54, 1.807) is 16.7 Å². The van der Waals surface area contributed by atoms with Crippen LogP contribution in [0.5, 0.6) is 0 Å². The second-order valence-corrected chi connectivity index (χ2v) is 6.97. The number of rotatable bonds is 4. The zero-order valence-corrected chi connectivity index (χ0v) is 12.9. The van der Waals surface area contributed by atoms with Gasteiger partial charge in [-0.3, -0.25) is 0 Å². The fourth-order valence-corrected chi connectivity index (χ4v) is 3.65. The third-order valence-corrected chi connectivity index (χ3v) is 5.48. The first-order chi connectivity index (χ1) is 9.35. The van der Waals surface area contributed by atoms with Gasteiger partial charge in [0.2, 0.25) is 10.0 Å². The van der Waals surface area contributed by atoms with E-state index in [4.69, 9.17) is 5.73 Å². The molecule has 108 valence electrons. The Hall–Kier alpha value is -1.58. The Bertz CT molecular complexity index is 739. The summed E-state index contributed by atoms with van der Waals surface area (Å²) in [6.07, 6.45) is 0. The number of hydrogen-bond donors (Lipinski definition) is 2. The van der Waals surface area contributed by atoms with Crippen molar-refractivity contribution in [2.24, 2.45) is 7.05 Å². The SMILES string of the molecule is CNS(=O)(=O)c1cc(N)ccc1Sc1nnc(C)n1C. The van der Waals surface area contributed by atoms with Gasteiger partial charge in [0, 0.05) is 17.6 Å². The molecule has 3 N–H and O–H groups in total. The van der Waals surface area contributed by atoms with Crippen LogP contribution in [-0.4, -0.2) is 30.2 Å². The number of aromatic nitrogens is 3. The van der Waals surface area contributed by atoms with Crippen molar-refractivity contribution in [1.29, 1.82) is 0 Å². The lowest BCUT2D eigenvalue weighted by Crippen LogP contribution is -2.19. The van der Waals surface area contributed by atoms with Crippen LogP contribution in [0.1, 0.15) is 5.82 Å². The molecular formula is C11H15N5O2S2. The van der Waals surface area contributed by atoms with Crippen molar-refractivity contribution in [1.82, 2.24) is 19.5 Å². The molecule has 0 unspecified atom stereocenters. The van der Waals surface area contributed by atoms with Gasteiger partial charge < -0.3 is 10.3 Å². The summed E-state index contributed by atoms with van der Waals surface area (Å²) in [5.74, 6) is 0.751. The van der Waals surface area contributed by atoms with Crippen molar-refractivity contribution in [2.45, 2.75) is 21.9 Å². The van der Waals surface area contributed by atoms with Crippen LogP contribution in [0.2, 0.25) is 0 Å². The van der Waals surface area contributed by atoms with E-state index in [0.717, 1.165) is 5.82 Å². The first-order valence-corrected chi connectivity index (χ1v) is 8.02. The normalized spacial score (nSPS) is 11.8. The molecule has 7 nitrogen and oxygen atoms in total. The summed E-state index contributed by atoms with van der Waals surface area (Å²) in [4.78, 5) is 0.676. The highest BCUT2D eigenvalue weighted by molar-refractivity contribution is 8.00. The highest BCUT2D eigenvalue weighted by Crippen LogP contribution is 2.32. The van der Waals surface area contributed by atoms with Crippen LogP contribution < -0.4 is 10.5 Å². The van der Waals surface area contributed by atoms with Gasteiger partial charge in [-0.05, 0) is 43.9 Å². The van der Waals surface area contributed by atoms with Crippen LogP contribution in [0.4, 0.5) is 5.69 Å². The molecule has 0 aliphatic heterocycles. The molecular weight excluding hydrogens is 298 g/mol. The van der Waals surface area contributed by atoms with Crippen molar-refractivity contribution in [2.75, 3.05) is 12.8 Å². The summed E-state index contributed by atoms with van der Waals surface area (Å²) in [5.41, 5.74) is 6.06. The highest BCUT2D eigenvalue weighted by atomic mass is 32.2. The smallest absolute Gasteiger partial charge is 0.241 e. The molecule has 0 aliphatic carbocycles. The van der Waals surface area contributed by atoms with Crippen molar-refractivity contribution < 1.29 is 8.42 Å². The number of nitrogens with zero attached hydrogens (tertiary/aromatic N) is 3. The molecule has 0 saturated heterocycles. The average Bonchev–Trinajstić information content (AvgIpc) is 2.72. The number of sulfonamides is 1. The van der Waals surface area contributed by atoms with Crippen LogP contribution >= 0.6 is 11.8 Å². The summed E-state index contributed by atoms with van der Waals surface area (Å²) in [6.45, 7) is 1.82. The predicted octanol–water partition coefficient (Wildman–Crippen LogP) is 0.765. The van der Waals surface area contributed by atoms with Crippen LogP contribution in [0.3, 0.4) is 0 Å². The van der Waals surface area contributed by atoms with Gasteiger partial charge in [0.1, 0.15) is 5.82 Å². The standard InChI is InChI=1S/C11H15N5O2S2/c1-7-14-15-11(16(7)3)19-9-5-4-8(12)6-10(9)20(17,18)13-2/h4-6,13H,12H2,1-3H3. The van der Waals surface area contributed by atoms with Crippen LogP contribution in [0, 0.1) is 6.92 Å². The van der Waals surface area contributed by atoms with E-state index in [1.807, 2.05) is 14.0 Å². The average molecular weight is 313 g/mol. The lowest BCUT2D eigenvalue weighted by Gasteiger charge is -2.10. The van der Waals surface area contributed by atoms with Gasteiger partial charge in [-0.25, -0.2) is 13.1 Å². The summed E-state index contributed by atoms with van der Waals surface area (Å²) >= 11 is 1.23. The van der Waals surface area contributed by atoms with Crippen LogP contribution in [0.25, 0.3) is 0 Å². The van der Waals surface area contributed by atoms with Crippen LogP contribution in [-0.2, 0) is 17.1 Å². The summed E-state index contributed by atoms with van der Waals surface area (Å²) in [5, 5.41) is 8.57. The van der Waals surface area contributed by atoms with Crippen molar-refractivity contribution in [3.63, 3.8) is 0 Å². The second kappa shape index (κ2) is 5.43. The van der Waals surface area contributed by atoms with Crippen molar-refractivity contribution in [3.8, 4) is 0 Å². The zero-order chi connectivity index (χ0) is 14.9. The third-order valence-electron chi connectivity index (χ3n) is 2.78. The molecule has 0 fully saturated rings. The van der Waals surface area contributed by atoms with Gasteiger partial charge in [0.15, 0.2) is 5.16 Å². The maximum atomic E-state index is 12.0. The van der Waals surface area contributed by atoms with Crippen molar-refractivity contribution >= 4 is 27.5 Å². The quantitative estimate of drug-likeness (QED) is 0.808. The van der Waals surface area contributed by atoms with Gasteiger partial charge in [0.25, 0.3) is 0 Å². The topological polar surface area (TPSA) is 103 Å². The Kier molecular flexibility index (Phi) is 4.02. The lowest BCUT2D eigenvalue weighted by atomic mass is 10.3. The molecule has 0 aliphatic rings. The third kappa shape index (κ3) is 2.79. The molecule has 0 radical (unpaired) electrons. The predicted molar refractivity (Wildman–Crippen MR) is 77.0 cm³/mol. The number of aryl methyl sites for hydroxylation is 1. The Morgan fingerprint density at radius 2 is 2.05 bits per heavy atom. The number of nitrogens with one attached hydrogen (secondary N) is 1. The molecule has 0 bridgehead atoms. The van der Waals surface area contributed by atoms with E-state index >= 15 is 0 Å². The Labute approximate surface area is 121 Å². The molecule has 1 heterocycles. The van der Waals surface area contributed by atoms with E-state index in [-0.39, 0.29) is 4.90 Å². The molecule has 1 aromatic carbocycles. The molecule has 20 heavy (non-hydrogen) atoms. The number of hydrogen-bond acceptors (Lipinski definition) is 6. The fraction of sp³-hybridized carbons (Fsp3) is 0.273.